The molecule has 6 nitrogen and oxygen atoms in total. The van der Waals surface area contributed by atoms with E-state index in [9.17, 15) is 14.4 Å². The first-order valence-electron chi connectivity index (χ1n) is 5.78. The van der Waals surface area contributed by atoms with Gasteiger partial charge in [0.05, 0.1) is 4.43 Å². The van der Waals surface area contributed by atoms with E-state index in [-0.39, 0.29) is 16.8 Å². The quantitative estimate of drug-likeness (QED) is 0.329. The number of benzene rings is 1. The topological polar surface area (TPSA) is 92.7 Å². The van der Waals surface area contributed by atoms with Crippen LogP contribution in [0.5, 0.6) is 5.75 Å². The third-order valence-electron chi connectivity index (χ3n) is 2.38. The molecule has 0 aliphatic heterocycles. The second-order valence-electron chi connectivity index (χ2n) is 4.05. The Labute approximate surface area is 129 Å². The van der Waals surface area contributed by atoms with Gasteiger partial charge in [-0.05, 0) is 17.7 Å². The lowest BCUT2D eigenvalue weighted by Gasteiger charge is -2.13. The fraction of sp³-hybridized carbons (Fsp3) is 0.308. The summed E-state index contributed by atoms with van der Waals surface area (Å²) >= 11 is 1.90. The van der Waals surface area contributed by atoms with E-state index in [0.29, 0.717) is 5.75 Å². The lowest BCUT2D eigenvalue weighted by atomic mass is 10.1. The third-order valence-corrected chi connectivity index (χ3v) is 3.00. The third kappa shape index (κ3) is 5.55. The van der Waals surface area contributed by atoms with Crippen LogP contribution in [0.4, 0.5) is 0 Å². The van der Waals surface area contributed by atoms with Crippen LogP contribution >= 0.6 is 22.6 Å². The predicted octanol–water partition coefficient (Wildman–Crippen LogP) is 1.16. The summed E-state index contributed by atoms with van der Waals surface area (Å²) in [5.41, 5.74) is 0.723. The first-order valence-corrected chi connectivity index (χ1v) is 7.30. The highest BCUT2D eigenvalue weighted by Gasteiger charge is 2.18. The van der Waals surface area contributed by atoms with E-state index < -0.39 is 17.9 Å². The molecular weight excluding hydrogens is 377 g/mol. The Balaban J connectivity index is 2.70. The van der Waals surface area contributed by atoms with Crippen LogP contribution in [0.3, 0.4) is 0 Å². The number of esters is 1. The number of rotatable bonds is 6. The van der Waals surface area contributed by atoms with Gasteiger partial charge in [0.2, 0.25) is 5.91 Å². The maximum absolute atomic E-state index is 11.1. The Morgan fingerprint density at radius 2 is 1.90 bits per heavy atom. The van der Waals surface area contributed by atoms with E-state index in [0.717, 1.165) is 5.56 Å². The number of amides is 1. The average Bonchev–Trinajstić information content (AvgIpc) is 2.39. The first-order chi connectivity index (χ1) is 9.42. The molecule has 0 fully saturated rings. The van der Waals surface area contributed by atoms with Crippen LogP contribution in [0, 0.1) is 0 Å². The fourth-order valence-electron chi connectivity index (χ4n) is 1.53. The van der Waals surface area contributed by atoms with Gasteiger partial charge in [0.1, 0.15) is 11.8 Å². The largest absolute Gasteiger partial charge is 0.480 e. The van der Waals surface area contributed by atoms with Crippen LogP contribution in [0.2, 0.25) is 0 Å². The maximum Gasteiger partial charge on any atom is 0.326 e. The molecule has 1 amide bonds. The predicted molar refractivity (Wildman–Crippen MR) is 79.9 cm³/mol. The second kappa shape index (κ2) is 7.83. The number of hydrogen-bond acceptors (Lipinski definition) is 4. The van der Waals surface area contributed by atoms with Gasteiger partial charge in [0, 0.05) is 13.3 Å². The fourth-order valence-corrected chi connectivity index (χ4v) is 1.69. The first kappa shape index (κ1) is 16.4. The van der Waals surface area contributed by atoms with Gasteiger partial charge in [-0.2, -0.15) is 0 Å². The number of carboxylic acid groups (broad SMARTS) is 1. The van der Waals surface area contributed by atoms with Gasteiger partial charge >= 0.3 is 11.9 Å². The summed E-state index contributed by atoms with van der Waals surface area (Å²) in [6.07, 6.45) is 0.162. The molecule has 0 aliphatic carbocycles. The Kier molecular flexibility index (Phi) is 6.43. The standard InChI is InChI=1S/C13H14INO5/c1-8(16)15-11(13(18)19)6-9-2-4-10(5-3-9)20-12(17)7-14/h2-5,11H,6-7H2,1H3,(H,15,16)(H,18,19). The highest BCUT2D eigenvalue weighted by Crippen LogP contribution is 2.14. The molecule has 0 aromatic heterocycles. The van der Waals surface area contributed by atoms with Gasteiger partial charge in [-0.15, -0.1) is 0 Å². The van der Waals surface area contributed by atoms with E-state index in [1.54, 1.807) is 24.3 Å². The molecule has 2 N–H and O–H groups in total. The SMILES string of the molecule is CC(=O)NC(Cc1ccc(OC(=O)CI)cc1)C(=O)O. The zero-order chi connectivity index (χ0) is 15.1. The van der Waals surface area contributed by atoms with E-state index in [4.69, 9.17) is 9.84 Å². The number of carbonyl (C=O) groups is 3. The molecule has 1 unspecified atom stereocenters. The minimum absolute atomic E-state index is 0.162. The van der Waals surface area contributed by atoms with E-state index in [1.807, 2.05) is 22.6 Å². The van der Waals surface area contributed by atoms with Crippen molar-refractivity contribution in [2.45, 2.75) is 19.4 Å². The van der Waals surface area contributed by atoms with E-state index >= 15 is 0 Å². The van der Waals surface area contributed by atoms with Gasteiger partial charge in [0.15, 0.2) is 0 Å². The molecule has 20 heavy (non-hydrogen) atoms. The number of halogens is 1. The van der Waals surface area contributed by atoms with Gasteiger partial charge in [-0.3, -0.25) is 9.59 Å². The number of nitrogens with one attached hydrogen (secondary N) is 1. The van der Waals surface area contributed by atoms with Crippen molar-refractivity contribution in [2.24, 2.45) is 0 Å². The molecule has 7 heteroatoms. The molecule has 0 heterocycles. The normalized spacial score (nSPS) is 11.5. The summed E-state index contributed by atoms with van der Waals surface area (Å²) < 4.78 is 5.26. The molecule has 0 bridgehead atoms. The Bertz CT molecular complexity index is 500. The lowest BCUT2D eigenvalue weighted by Crippen LogP contribution is -2.41. The summed E-state index contributed by atoms with van der Waals surface area (Å²) in [5, 5.41) is 11.4. The summed E-state index contributed by atoms with van der Waals surface area (Å²) in [6, 6.07) is 5.52. The van der Waals surface area contributed by atoms with Gasteiger partial charge in [0.25, 0.3) is 0 Å². The van der Waals surface area contributed by atoms with Crippen LogP contribution < -0.4 is 10.1 Å². The molecule has 1 rings (SSSR count). The molecule has 0 radical (unpaired) electrons. The monoisotopic (exact) mass is 391 g/mol. The molecule has 0 aliphatic rings. The number of ether oxygens (including phenoxy) is 1. The van der Waals surface area contributed by atoms with Gasteiger partial charge in [-0.1, -0.05) is 34.7 Å². The zero-order valence-electron chi connectivity index (χ0n) is 10.8. The molecule has 108 valence electrons. The van der Waals surface area contributed by atoms with Crippen LogP contribution in [-0.2, 0) is 20.8 Å². The van der Waals surface area contributed by atoms with Crippen LogP contribution in [-0.4, -0.2) is 33.4 Å². The summed E-state index contributed by atoms with van der Waals surface area (Å²) in [6.45, 7) is 1.27. The van der Waals surface area contributed by atoms with Crippen molar-refractivity contribution in [2.75, 3.05) is 4.43 Å². The van der Waals surface area contributed by atoms with Crippen molar-refractivity contribution in [1.29, 1.82) is 0 Å². The molecule has 1 atom stereocenters. The highest BCUT2D eigenvalue weighted by molar-refractivity contribution is 14.1. The van der Waals surface area contributed by atoms with Crippen LogP contribution in [0.1, 0.15) is 12.5 Å². The Hall–Kier alpha value is -1.64. The lowest BCUT2D eigenvalue weighted by molar-refractivity contribution is -0.141. The minimum Gasteiger partial charge on any atom is -0.480 e. The maximum atomic E-state index is 11.1. The van der Waals surface area contributed by atoms with Gasteiger partial charge in [-0.25, -0.2) is 4.79 Å². The number of alkyl halides is 1. The van der Waals surface area contributed by atoms with Crippen molar-refractivity contribution in [3.63, 3.8) is 0 Å². The average molecular weight is 391 g/mol. The summed E-state index contributed by atoms with van der Waals surface area (Å²) in [4.78, 5) is 33.0. The number of aliphatic carboxylic acids is 1. The van der Waals surface area contributed by atoms with Gasteiger partial charge < -0.3 is 15.2 Å². The number of carboxylic acids is 1. The van der Waals surface area contributed by atoms with Crippen molar-refractivity contribution < 1.29 is 24.2 Å². The highest BCUT2D eigenvalue weighted by atomic mass is 127. The smallest absolute Gasteiger partial charge is 0.326 e. The van der Waals surface area contributed by atoms with Crippen LogP contribution in [0.25, 0.3) is 0 Å². The molecule has 1 aromatic rings. The van der Waals surface area contributed by atoms with E-state index in [2.05, 4.69) is 5.32 Å². The number of hydrogen-bond donors (Lipinski definition) is 2. The Morgan fingerprint density at radius 3 is 2.35 bits per heavy atom. The number of carbonyl (C=O) groups excluding carboxylic acids is 2. The Morgan fingerprint density at radius 1 is 1.30 bits per heavy atom. The van der Waals surface area contributed by atoms with Crippen molar-refractivity contribution >= 4 is 40.4 Å². The second-order valence-corrected chi connectivity index (χ2v) is 4.81. The zero-order valence-corrected chi connectivity index (χ0v) is 12.9. The van der Waals surface area contributed by atoms with Crippen molar-refractivity contribution in [1.82, 2.24) is 5.32 Å². The van der Waals surface area contributed by atoms with Crippen LogP contribution in [0.15, 0.2) is 24.3 Å². The molecule has 0 spiro atoms. The van der Waals surface area contributed by atoms with Crippen molar-refractivity contribution in [3.05, 3.63) is 29.8 Å². The summed E-state index contributed by atoms with van der Waals surface area (Å²) in [5.74, 6) is -1.44. The van der Waals surface area contributed by atoms with Crippen molar-refractivity contribution in [3.8, 4) is 5.75 Å². The molecular formula is C13H14INO5. The molecule has 0 saturated heterocycles. The molecule has 0 saturated carbocycles. The minimum atomic E-state index is -1.10. The molecule has 1 aromatic carbocycles. The summed E-state index contributed by atoms with van der Waals surface area (Å²) in [7, 11) is 0. The van der Waals surface area contributed by atoms with E-state index in [1.165, 1.54) is 6.92 Å².